The SMILES string of the molecule is COC(=O)c1ccccc1S(=O)(=O)N1CCCC(C(=O)O)C1. The monoisotopic (exact) mass is 327 g/mol. The van der Waals surface area contributed by atoms with Crippen LogP contribution < -0.4 is 0 Å². The van der Waals surface area contributed by atoms with Gasteiger partial charge in [-0.15, -0.1) is 0 Å². The predicted molar refractivity (Wildman–Crippen MR) is 76.9 cm³/mol. The summed E-state index contributed by atoms with van der Waals surface area (Å²) < 4.78 is 31.2. The van der Waals surface area contributed by atoms with E-state index in [-0.39, 0.29) is 23.5 Å². The minimum absolute atomic E-state index is 0.0533. The second-order valence-corrected chi connectivity index (χ2v) is 6.93. The van der Waals surface area contributed by atoms with Gasteiger partial charge < -0.3 is 9.84 Å². The van der Waals surface area contributed by atoms with Gasteiger partial charge in [0.2, 0.25) is 10.0 Å². The van der Waals surface area contributed by atoms with Crippen LogP contribution in [-0.4, -0.2) is 50.0 Å². The highest BCUT2D eigenvalue weighted by Crippen LogP contribution is 2.26. The van der Waals surface area contributed by atoms with Gasteiger partial charge in [-0.05, 0) is 25.0 Å². The Balaban J connectivity index is 2.39. The molecule has 1 heterocycles. The van der Waals surface area contributed by atoms with Crippen LogP contribution in [0.25, 0.3) is 0 Å². The quantitative estimate of drug-likeness (QED) is 0.827. The molecule has 1 saturated heterocycles. The zero-order valence-corrected chi connectivity index (χ0v) is 12.9. The number of ether oxygens (including phenoxy) is 1. The number of sulfonamides is 1. The van der Waals surface area contributed by atoms with Gasteiger partial charge in [0.1, 0.15) is 0 Å². The first kappa shape index (κ1) is 16.4. The third-order valence-electron chi connectivity index (χ3n) is 3.64. The van der Waals surface area contributed by atoms with E-state index in [0.717, 1.165) is 4.31 Å². The average Bonchev–Trinajstić information content (AvgIpc) is 2.54. The number of hydrogen-bond donors (Lipinski definition) is 1. The molecule has 0 saturated carbocycles. The molecule has 1 aliphatic rings. The molecule has 1 aliphatic heterocycles. The van der Waals surface area contributed by atoms with Crippen LogP contribution in [0, 0.1) is 5.92 Å². The first-order valence-corrected chi connectivity index (χ1v) is 8.22. The van der Waals surface area contributed by atoms with Gasteiger partial charge in [0.15, 0.2) is 0 Å². The lowest BCUT2D eigenvalue weighted by Gasteiger charge is -2.30. The van der Waals surface area contributed by atoms with E-state index in [1.54, 1.807) is 6.07 Å². The minimum atomic E-state index is -3.95. The Bertz CT molecular complexity index is 684. The van der Waals surface area contributed by atoms with Crippen LogP contribution in [0.1, 0.15) is 23.2 Å². The molecule has 1 aromatic carbocycles. The van der Waals surface area contributed by atoms with Gasteiger partial charge in [-0.3, -0.25) is 4.79 Å². The van der Waals surface area contributed by atoms with Gasteiger partial charge in [-0.25, -0.2) is 13.2 Å². The molecule has 0 aromatic heterocycles. The smallest absolute Gasteiger partial charge is 0.339 e. The largest absolute Gasteiger partial charge is 0.481 e. The summed E-state index contributed by atoms with van der Waals surface area (Å²) >= 11 is 0. The van der Waals surface area contributed by atoms with Crippen molar-refractivity contribution in [3.05, 3.63) is 29.8 Å². The van der Waals surface area contributed by atoms with E-state index in [4.69, 9.17) is 5.11 Å². The van der Waals surface area contributed by atoms with Crippen LogP contribution in [-0.2, 0) is 19.6 Å². The number of benzene rings is 1. The van der Waals surface area contributed by atoms with E-state index in [9.17, 15) is 18.0 Å². The maximum Gasteiger partial charge on any atom is 0.339 e. The van der Waals surface area contributed by atoms with Crippen LogP contribution in [0.15, 0.2) is 29.2 Å². The van der Waals surface area contributed by atoms with Gasteiger partial charge in [0.05, 0.1) is 23.5 Å². The predicted octanol–water partition coefficient (Wildman–Crippen LogP) is 0.958. The molecule has 0 amide bonds. The molecule has 1 atom stereocenters. The number of aliphatic carboxylic acids is 1. The molecule has 8 heteroatoms. The summed E-state index contributed by atoms with van der Waals surface area (Å²) in [6, 6.07) is 5.75. The molecule has 120 valence electrons. The minimum Gasteiger partial charge on any atom is -0.481 e. The fraction of sp³-hybridized carbons (Fsp3) is 0.429. The molecule has 0 radical (unpaired) electrons. The normalized spacial score (nSPS) is 19.6. The fourth-order valence-electron chi connectivity index (χ4n) is 2.47. The van der Waals surface area contributed by atoms with Crippen molar-refractivity contribution in [2.45, 2.75) is 17.7 Å². The van der Waals surface area contributed by atoms with Crippen molar-refractivity contribution in [3.8, 4) is 0 Å². The van der Waals surface area contributed by atoms with Crippen LogP contribution in [0.4, 0.5) is 0 Å². The summed E-state index contributed by atoms with van der Waals surface area (Å²) in [5.41, 5.74) is -0.0533. The average molecular weight is 327 g/mol. The highest BCUT2D eigenvalue weighted by molar-refractivity contribution is 7.89. The number of rotatable bonds is 4. The molecule has 22 heavy (non-hydrogen) atoms. The zero-order chi connectivity index (χ0) is 16.3. The van der Waals surface area contributed by atoms with Crippen LogP contribution in [0.3, 0.4) is 0 Å². The van der Waals surface area contributed by atoms with Crippen LogP contribution in [0.5, 0.6) is 0 Å². The summed E-state index contributed by atoms with van der Waals surface area (Å²) in [6.45, 7) is 0.148. The van der Waals surface area contributed by atoms with E-state index in [1.807, 2.05) is 0 Å². The molecular weight excluding hydrogens is 310 g/mol. The maximum atomic E-state index is 12.7. The van der Waals surface area contributed by atoms with Crippen LogP contribution >= 0.6 is 0 Å². The van der Waals surface area contributed by atoms with Gasteiger partial charge >= 0.3 is 11.9 Å². The summed E-state index contributed by atoms with van der Waals surface area (Å²) in [6.07, 6.45) is 0.913. The van der Waals surface area contributed by atoms with Crippen molar-refractivity contribution in [1.82, 2.24) is 4.31 Å². The molecule has 0 aliphatic carbocycles. The molecule has 2 rings (SSSR count). The number of esters is 1. The second kappa shape index (κ2) is 6.45. The summed E-state index contributed by atoms with van der Waals surface area (Å²) in [5.74, 6) is -2.49. The third kappa shape index (κ3) is 3.12. The number of piperidine rings is 1. The van der Waals surface area contributed by atoms with E-state index in [0.29, 0.717) is 12.8 Å². The van der Waals surface area contributed by atoms with Gasteiger partial charge in [0.25, 0.3) is 0 Å². The van der Waals surface area contributed by atoms with Crippen molar-refractivity contribution in [3.63, 3.8) is 0 Å². The lowest BCUT2D eigenvalue weighted by molar-refractivity contribution is -0.142. The summed E-state index contributed by atoms with van der Waals surface area (Å²) in [4.78, 5) is 22.7. The molecule has 1 N–H and O–H groups in total. The number of methoxy groups -OCH3 is 1. The molecule has 1 unspecified atom stereocenters. The van der Waals surface area contributed by atoms with Crippen LogP contribution in [0.2, 0.25) is 0 Å². The molecule has 0 spiro atoms. The number of nitrogens with zero attached hydrogens (tertiary/aromatic N) is 1. The van der Waals surface area contributed by atoms with Crippen molar-refractivity contribution in [1.29, 1.82) is 0 Å². The third-order valence-corrected chi connectivity index (χ3v) is 5.57. The topological polar surface area (TPSA) is 101 Å². The fourth-order valence-corrected chi connectivity index (χ4v) is 4.18. The maximum absolute atomic E-state index is 12.7. The number of hydrogen-bond acceptors (Lipinski definition) is 5. The number of carboxylic acids is 1. The van der Waals surface area contributed by atoms with Crippen molar-refractivity contribution in [2.24, 2.45) is 5.92 Å². The molecular formula is C14H17NO6S. The van der Waals surface area contributed by atoms with Crippen molar-refractivity contribution < 1.29 is 27.9 Å². The van der Waals surface area contributed by atoms with Crippen molar-refractivity contribution in [2.75, 3.05) is 20.2 Å². The lowest BCUT2D eigenvalue weighted by Crippen LogP contribution is -2.42. The Labute approximate surface area is 128 Å². The Morgan fingerprint density at radius 3 is 2.64 bits per heavy atom. The first-order chi connectivity index (χ1) is 10.4. The van der Waals surface area contributed by atoms with E-state index in [2.05, 4.69) is 4.74 Å². The van der Waals surface area contributed by atoms with E-state index in [1.165, 1.54) is 25.3 Å². The Morgan fingerprint density at radius 2 is 2.00 bits per heavy atom. The summed E-state index contributed by atoms with van der Waals surface area (Å²) in [7, 11) is -2.77. The molecule has 1 aromatic rings. The first-order valence-electron chi connectivity index (χ1n) is 6.78. The van der Waals surface area contributed by atoms with Gasteiger partial charge in [0, 0.05) is 13.1 Å². The zero-order valence-electron chi connectivity index (χ0n) is 12.1. The summed E-state index contributed by atoms with van der Waals surface area (Å²) in [5, 5.41) is 9.08. The molecule has 0 bridgehead atoms. The molecule has 7 nitrogen and oxygen atoms in total. The number of carbonyl (C=O) groups excluding carboxylic acids is 1. The number of carboxylic acid groups (broad SMARTS) is 1. The van der Waals surface area contributed by atoms with Gasteiger partial charge in [-0.1, -0.05) is 12.1 Å². The second-order valence-electron chi connectivity index (χ2n) is 5.03. The Hall–Kier alpha value is -1.93. The van der Waals surface area contributed by atoms with Crippen molar-refractivity contribution >= 4 is 22.0 Å². The Kier molecular flexibility index (Phi) is 4.82. The molecule has 1 fully saturated rings. The Morgan fingerprint density at radius 1 is 1.32 bits per heavy atom. The lowest BCUT2D eigenvalue weighted by atomic mass is 10.0. The van der Waals surface area contributed by atoms with E-state index >= 15 is 0 Å². The highest BCUT2D eigenvalue weighted by atomic mass is 32.2. The number of carbonyl (C=O) groups is 2. The van der Waals surface area contributed by atoms with Gasteiger partial charge in [-0.2, -0.15) is 4.31 Å². The standard InChI is InChI=1S/C14H17NO6S/c1-21-14(18)11-6-2-3-7-12(11)22(19,20)15-8-4-5-10(9-15)13(16)17/h2-3,6-7,10H,4-5,8-9H2,1H3,(H,16,17). The van der Waals surface area contributed by atoms with E-state index < -0.39 is 27.9 Å². The highest BCUT2D eigenvalue weighted by Gasteiger charge is 2.35.